The molecule has 0 saturated heterocycles. The van der Waals surface area contributed by atoms with Gasteiger partial charge in [0.25, 0.3) is 0 Å². The van der Waals surface area contributed by atoms with Crippen molar-refractivity contribution in [2.45, 2.75) is 59.4 Å². The Bertz CT molecular complexity index is 845. The number of allylic oxidation sites excluding steroid dienone is 1. The van der Waals surface area contributed by atoms with Gasteiger partial charge in [-0.15, -0.1) is 0 Å². The van der Waals surface area contributed by atoms with Crippen LogP contribution in [0.2, 0.25) is 0 Å². The quantitative estimate of drug-likeness (QED) is 0.616. The first-order chi connectivity index (χ1) is 12.4. The number of ether oxygens (including phenoxy) is 2. The highest BCUT2D eigenvalue weighted by Crippen LogP contribution is 2.37. The Morgan fingerprint density at radius 3 is 2.37 bits per heavy atom. The van der Waals surface area contributed by atoms with Crippen molar-refractivity contribution in [2.24, 2.45) is 0 Å². The van der Waals surface area contributed by atoms with E-state index in [1.54, 1.807) is 11.7 Å². The summed E-state index contributed by atoms with van der Waals surface area (Å²) in [5, 5.41) is 0.626. The van der Waals surface area contributed by atoms with Crippen molar-refractivity contribution in [3.8, 4) is 0 Å². The van der Waals surface area contributed by atoms with Gasteiger partial charge in [-0.05, 0) is 59.8 Å². The van der Waals surface area contributed by atoms with E-state index in [2.05, 4.69) is 4.98 Å². The Morgan fingerprint density at radius 1 is 1.26 bits per heavy atom. The molecule has 0 fully saturated rings. The third kappa shape index (κ3) is 4.46. The van der Waals surface area contributed by atoms with Gasteiger partial charge in [0, 0.05) is 23.8 Å². The zero-order valence-electron chi connectivity index (χ0n) is 16.9. The molecule has 150 valence electrons. The lowest BCUT2D eigenvalue weighted by Gasteiger charge is -2.24. The molecular formula is C20H27F3N2O2. The van der Waals surface area contributed by atoms with Crippen LogP contribution in [0.25, 0.3) is 16.8 Å². The van der Waals surface area contributed by atoms with Gasteiger partial charge in [0.05, 0.1) is 12.6 Å². The van der Waals surface area contributed by atoms with Crippen molar-refractivity contribution >= 4 is 16.8 Å². The molecule has 0 amide bonds. The van der Waals surface area contributed by atoms with E-state index in [0.29, 0.717) is 17.8 Å². The third-order valence-corrected chi connectivity index (χ3v) is 4.16. The summed E-state index contributed by atoms with van der Waals surface area (Å²) < 4.78 is 52.7. The number of alkyl halides is 3. The fourth-order valence-corrected chi connectivity index (χ4v) is 3.21. The predicted octanol–water partition coefficient (Wildman–Crippen LogP) is 5.75. The average Bonchev–Trinajstić information content (AvgIpc) is 2.82. The lowest BCUT2D eigenvalue weighted by molar-refractivity contribution is -0.141. The average molecular weight is 384 g/mol. The molecule has 2 aromatic rings. The molecule has 0 saturated carbocycles. The van der Waals surface area contributed by atoms with E-state index in [1.165, 1.54) is 6.07 Å². The minimum absolute atomic E-state index is 0.185. The molecule has 1 unspecified atom stereocenters. The molecule has 27 heavy (non-hydrogen) atoms. The molecule has 4 nitrogen and oxygen atoms in total. The first-order valence-electron chi connectivity index (χ1n) is 8.84. The molecule has 0 radical (unpaired) electrons. The highest BCUT2D eigenvalue weighted by Gasteiger charge is 2.34. The van der Waals surface area contributed by atoms with E-state index in [4.69, 9.17) is 9.47 Å². The second-order valence-electron chi connectivity index (χ2n) is 7.57. The highest BCUT2D eigenvalue weighted by molar-refractivity contribution is 5.91. The summed E-state index contributed by atoms with van der Waals surface area (Å²) in [6.07, 6.45) is -2.68. The maximum absolute atomic E-state index is 13.2. The van der Waals surface area contributed by atoms with E-state index in [1.807, 2.05) is 47.6 Å². The van der Waals surface area contributed by atoms with Crippen molar-refractivity contribution in [1.29, 1.82) is 0 Å². The van der Waals surface area contributed by atoms with Crippen LogP contribution in [0.4, 0.5) is 13.2 Å². The van der Waals surface area contributed by atoms with E-state index in [9.17, 15) is 13.2 Å². The van der Waals surface area contributed by atoms with Crippen LogP contribution in [-0.2, 0) is 15.7 Å². The van der Waals surface area contributed by atoms with Crippen molar-refractivity contribution in [3.63, 3.8) is 0 Å². The van der Waals surface area contributed by atoms with Crippen molar-refractivity contribution in [3.05, 3.63) is 35.2 Å². The molecule has 0 N–H and O–H groups in total. The number of methoxy groups -OCH3 is 1. The van der Waals surface area contributed by atoms with Gasteiger partial charge >= 0.3 is 6.18 Å². The molecule has 0 aliphatic carbocycles. The topological polar surface area (TPSA) is 36.3 Å². The molecule has 0 bridgehead atoms. The summed E-state index contributed by atoms with van der Waals surface area (Å²) in [5.74, 6) is 0.620. The van der Waals surface area contributed by atoms with Crippen LogP contribution in [0.1, 0.15) is 57.6 Å². The monoisotopic (exact) mass is 384 g/mol. The standard InChI is InChI=1S/C20H27F3N2O2/c1-8-15(27-19(4,5)6)17-13(3)25(12(2)11-26-7)18-14(17)9-10-16(24-18)20(21,22)23/h8-10,12H,11H2,1-7H3/b15-8+. The summed E-state index contributed by atoms with van der Waals surface area (Å²) in [4.78, 5) is 3.94. The first kappa shape index (κ1) is 21.3. The van der Waals surface area contributed by atoms with E-state index in [-0.39, 0.29) is 11.7 Å². The van der Waals surface area contributed by atoms with Crippen LogP contribution in [0.3, 0.4) is 0 Å². The van der Waals surface area contributed by atoms with E-state index in [0.717, 1.165) is 17.3 Å². The number of hydrogen-bond acceptors (Lipinski definition) is 3. The minimum Gasteiger partial charge on any atom is -0.488 e. The normalized spacial score (nSPS) is 14.7. The number of aromatic nitrogens is 2. The van der Waals surface area contributed by atoms with Crippen molar-refractivity contribution < 1.29 is 22.6 Å². The summed E-state index contributed by atoms with van der Waals surface area (Å²) in [6.45, 7) is 11.7. The summed E-state index contributed by atoms with van der Waals surface area (Å²) >= 11 is 0. The number of pyridine rings is 1. The van der Waals surface area contributed by atoms with Gasteiger partial charge in [-0.1, -0.05) is 0 Å². The molecular weight excluding hydrogens is 357 g/mol. The van der Waals surface area contributed by atoms with Crippen molar-refractivity contribution in [1.82, 2.24) is 9.55 Å². The van der Waals surface area contributed by atoms with Gasteiger partial charge in [0.15, 0.2) is 0 Å². The van der Waals surface area contributed by atoms with Gasteiger partial charge in [0.2, 0.25) is 0 Å². The van der Waals surface area contributed by atoms with Gasteiger partial charge in [0.1, 0.15) is 22.7 Å². The lowest BCUT2D eigenvalue weighted by atomic mass is 10.1. The lowest BCUT2D eigenvalue weighted by Crippen LogP contribution is -2.18. The molecule has 0 aliphatic rings. The fraction of sp³-hybridized carbons (Fsp3) is 0.550. The number of fused-ring (bicyclic) bond motifs is 1. The summed E-state index contributed by atoms with van der Waals surface area (Å²) in [5.41, 5.74) is 0.466. The first-order valence-corrected chi connectivity index (χ1v) is 8.84. The maximum atomic E-state index is 13.2. The number of rotatable bonds is 5. The summed E-state index contributed by atoms with van der Waals surface area (Å²) in [7, 11) is 1.56. The van der Waals surface area contributed by atoms with Crippen LogP contribution < -0.4 is 0 Å². The second kappa shape index (κ2) is 7.54. The molecule has 7 heteroatoms. The molecule has 0 spiro atoms. The van der Waals surface area contributed by atoms with Gasteiger partial charge < -0.3 is 14.0 Å². The van der Waals surface area contributed by atoms with Gasteiger partial charge in [-0.25, -0.2) is 4.98 Å². The molecule has 0 aromatic carbocycles. The van der Waals surface area contributed by atoms with Crippen LogP contribution in [0.15, 0.2) is 18.2 Å². The molecule has 2 aromatic heterocycles. The van der Waals surface area contributed by atoms with Gasteiger partial charge in [-0.2, -0.15) is 13.2 Å². The van der Waals surface area contributed by atoms with E-state index >= 15 is 0 Å². The molecule has 1 atom stereocenters. The Balaban J connectivity index is 2.80. The number of halogens is 3. The Hall–Kier alpha value is -2.02. The van der Waals surface area contributed by atoms with E-state index < -0.39 is 17.5 Å². The Kier molecular flexibility index (Phi) is 5.94. The maximum Gasteiger partial charge on any atom is 0.433 e. The van der Waals surface area contributed by atoms with Crippen LogP contribution in [0.5, 0.6) is 0 Å². The minimum atomic E-state index is -4.51. The number of nitrogens with zero attached hydrogens (tertiary/aromatic N) is 2. The molecule has 2 rings (SSSR count). The Morgan fingerprint density at radius 2 is 1.89 bits per heavy atom. The van der Waals surface area contributed by atoms with Crippen LogP contribution in [-0.4, -0.2) is 28.9 Å². The van der Waals surface area contributed by atoms with Crippen LogP contribution in [0, 0.1) is 6.92 Å². The fourth-order valence-electron chi connectivity index (χ4n) is 3.21. The zero-order chi connectivity index (χ0) is 20.6. The zero-order valence-corrected chi connectivity index (χ0v) is 16.9. The molecule has 2 heterocycles. The van der Waals surface area contributed by atoms with Crippen molar-refractivity contribution in [2.75, 3.05) is 13.7 Å². The highest BCUT2D eigenvalue weighted by atomic mass is 19.4. The third-order valence-electron chi connectivity index (χ3n) is 4.16. The SMILES string of the molecule is C/C=C(/OC(C)(C)C)c1c(C)n(C(C)COC)c2nc(C(F)(F)F)ccc12. The largest absolute Gasteiger partial charge is 0.488 e. The summed E-state index contributed by atoms with van der Waals surface area (Å²) in [6, 6.07) is 2.30. The Labute approximate surface area is 158 Å². The second-order valence-corrected chi connectivity index (χ2v) is 7.57. The molecule has 0 aliphatic heterocycles. The smallest absolute Gasteiger partial charge is 0.433 e. The van der Waals surface area contributed by atoms with Gasteiger partial charge in [-0.3, -0.25) is 0 Å². The van der Waals surface area contributed by atoms with Crippen LogP contribution >= 0.6 is 0 Å². The predicted molar refractivity (Wildman–Crippen MR) is 101 cm³/mol. The number of hydrogen-bond donors (Lipinski definition) is 0.